The molecule has 1 atom stereocenters. The Hall–Kier alpha value is -1.88. The Bertz CT molecular complexity index is 478. The lowest BCUT2D eigenvalue weighted by atomic mass is 9.66. The number of nitrogens with one attached hydrogen (secondary N) is 1. The van der Waals surface area contributed by atoms with E-state index in [-0.39, 0.29) is 11.3 Å². The topological polar surface area (TPSA) is 92.4 Å². The first kappa shape index (κ1) is 14.5. The zero-order chi connectivity index (χ0) is 14.6. The van der Waals surface area contributed by atoms with Gasteiger partial charge in [-0.3, -0.25) is 4.79 Å². The maximum Gasteiger partial charge on any atom is 0.330 e. The standard InChI is InChI=1S/C15H20N2O3/c16-10-15(7-4-8-15)9-12(18)17-13(14(19)20)11-5-2-1-3-6-11/h1-3,5-6,13H,4,7-10,16H2,(H,17,18)(H,19,20)/t13-/m1/s1. The van der Waals surface area contributed by atoms with Crippen molar-refractivity contribution in [1.29, 1.82) is 0 Å². The number of nitrogens with two attached hydrogens (primary N) is 1. The highest BCUT2D eigenvalue weighted by Gasteiger charge is 2.38. The second-order valence-corrected chi connectivity index (χ2v) is 5.48. The summed E-state index contributed by atoms with van der Waals surface area (Å²) >= 11 is 0. The molecule has 0 spiro atoms. The second-order valence-electron chi connectivity index (χ2n) is 5.48. The molecule has 0 saturated heterocycles. The molecule has 0 bridgehead atoms. The largest absolute Gasteiger partial charge is 0.479 e. The third-order valence-corrected chi connectivity index (χ3v) is 4.07. The normalized spacial score (nSPS) is 17.9. The molecule has 1 aromatic rings. The number of hydrogen-bond acceptors (Lipinski definition) is 3. The number of benzene rings is 1. The van der Waals surface area contributed by atoms with Gasteiger partial charge in [0.15, 0.2) is 6.04 Å². The molecular formula is C15H20N2O3. The lowest BCUT2D eigenvalue weighted by Gasteiger charge is -2.40. The Morgan fingerprint density at radius 3 is 2.40 bits per heavy atom. The number of carbonyl (C=O) groups is 2. The number of rotatable bonds is 6. The molecule has 1 aliphatic rings. The van der Waals surface area contributed by atoms with Crippen molar-refractivity contribution in [3.8, 4) is 0 Å². The molecule has 0 radical (unpaired) electrons. The maximum atomic E-state index is 12.1. The molecule has 0 aromatic heterocycles. The molecule has 20 heavy (non-hydrogen) atoms. The molecule has 5 nitrogen and oxygen atoms in total. The Labute approximate surface area is 118 Å². The van der Waals surface area contributed by atoms with Gasteiger partial charge in [-0.25, -0.2) is 4.79 Å². The van der Waals surface area contributed by atoms with Gasteiger partial charge in [0.2, 0.25) is 5.91 Å². The monoisotopic (exact) mass is 276 g/mol. The minimum absolute atomic E-state index is 0.121. The van der Waals surface area contributed by atoms with Gasteiger partial charge in [0.05, 0.1) is 0 Å². The van der Waals surface area contributed by atoms with Crippen LogP contribution in [-0.4, -0.2) is 23.5 Å². The SMILES string of the molecule is NCC1(CC(=O)N[C@@H](C(=O)O)c2ccccc2)CCC1. The number of carboxylic acids is 1. The van der Waals surface area contributed by atoms with Crippen LogP contribution >= 0.6 is 0 Å². The van der Waals surface area contributed by atoms with Crippen molar-refractivity contribution in [2.24, 2.45) is 11.1 Å². The third-order valence-electron chi connectivity index (χ3n) is 4.07. The van der Waals surface area contributed by atoms with Crippen LogP contribution in [0.1, 0.15) is 37.3 Å². The predicted molar refractivity (Wildman–Crippen MR) is 74.9 cm³/mol. The summed E-state index contributed by atoms with van der Waals surface area (Å²) in [5.74, 6) is -1.30. The van der Waals surface area contributed by atoms with Crippen molar-refractivity contribution in [2.45, 2.75) is 31.7 Å². The number of carbonyl (C=O) groups excluding carboxylic acids is 1. The highest BCUT2D eigenvalue weighted by Crippen LogP contribution is 2.42. The molecule has 0 unspecified atom stereocenters. The van der Waals surface area contributed by atoms with Crippen molar-refractivity contribution in [2.75, 3.05) is 6.54 Å². The first-order chi connectivity index (χ1) is 9.56. The summed E-state index contributed by atoms with van der Waals surface area (Å²) < 4.78 is 0. The quantitative estimate of drug-likeness (QED) is 0.733. The average molecular weight is 276 g/mol. The number of aliphatic carboxylic acids is 1. The number of amides is 1. The molecule has 1 aromatic carbocycles. The van der Waals surface area contributed by atoms with Gasteiger partial charge in [-0.15, -0.1) is 0 Å². The van der Waals surface area contributed by atoms with E-state index in [1.54, 1.807) is 24.3 Å². The van der Waals surface area contributed by atoms with Crippen LogP contribution in [0.15, 0.2) is 30.3 Å². The van der Waals surface area contributed by atoms with Gasteiger partial charge in [0, 0.05) is 6.42 Å². The Kier molecular flexibility index (Phi) is 4.39. The summed E-state index contributed by atoms with van der Waals surface area (Å²) in [6.07, 6.45) is 3.28. The average Bonchev–Trinajstić information content (AvgIpc) is 2.41. The van der Waals surface area contributed by atoms with Crippen molar-refractivity contribution >= 4 is 11.9 Å². The van der Waals surface area contributed by atoms with Crippen LogP contribution in [-0.2, 0) is 9.59 Å². The highest BCUT2D eigenvalue weighted by molar-refractivity contribution is 5.84. The van der Waals surface area contributed by atoms with Crippen molar-refractivity contribution in [3.63, 3.8) is 0 Å². The van der Waals surface area contributed by atoms with Crippen LogP contribution in [0.25, 0.3) is 0 Å². The third kappa shape index (κ3) is 3.17. The van der Waals surface area contributed by atoms with E-state index in [9.17, 15) is 14.7 Å². The van der Waals surface area contributed by atoms with Crippen molar-refractivity contribution in [3.05, 3.63) is 35.9 Å². The molecule has 5 heteroatoms. The fraction of sp³-hybridized carbons (Fsp3) is 0.467. The summed E-state index contributed by atoms with van der Waals surface area (Å²) in [5.41, 5.74) is 6.17. The van der Waals surface area contributed by atoms with Crippen LogP contribution in [0.2, 0.25) is 0 Å². The van der Waals surface area contributed by atoms with E-state index in [2.05, 4.69) is 5.32 Å². The Balaban J connectivity index is 2.02. The molecule has 2 rings (SSSR count). The van der Waals surface area contributed by atoms with Crippen LogP contribution in [0.5, 0.6) is 0 Å². The van der Waals surface area contributed by atoms with Gasteiger partial charge in [-0.2, -0.15) is 0 Å². The van der Waals surface area contributed by atoms with E-state index in [4.69, 9.17) is 5.73 Å². The summed E-state index contributed by atoms with van der Waals surface area (Å²) in [7, 11) is 0. The van der Waals surface area contributed by atoms with Gasteiger partial charge >= 0.3 is 5.97 Å². The van der Waals surface area contributed by atoms with Crippen LogP contribution in [0.3, 0.4) is 0 Å². The predicted octanol–water partition coefficient (Wildman–Crippen LogP) is 1.45. The number of carboxylic acid groups (broad SMARTS) is 1. The van der Waals surface area contributed by atoms with E-state index in [1.807, 2.05) is 6.07 Å². The summed E-state index contributed by atoms with van der Waals surface area (Å²) in [6, 6.07) is 7.71. The molecule has 108 valence electrons. The molecule has 1 saturated carbocycles. The van der Waals surface area contributed by atoms with E-state index in [1.165, 1.54) is 0 Å². The fourth-order valence-corrected chi connectivity index (χ4v) is 2.62. The minimum Gasteiger partial charge on any atom is -0.479 e. The van der Waals surface area contributed by atoms with E-state index >= 15 is 0 Å². The zero-order valence-electron chi connectivity index (χ0n) is 11.3. The molecule has 4 N–H and O–H groups in total. The first-order valence-electron chi connectivity index (χ1n) is 6.83. The molecule has 1 amide bonds. The van der Waals surface area contributed by atoms with Crippen molar-refractivity contribution in [1.82, 2.24) is 5.32 Å². The maximum absolute atomic E-state index is 12.1. The summed E-state index contributed by atoms with van der Waals surface area (Å²) in [5, 5.41) is 11.9. The van der Waals surface area contributed by atoms with Gasteiger partial charge in [0.25, 0.3) is 0 Å². The molecule has 1 aliphatic carbocycles. The molecule has 0 heterocycles. The Morgan fingerprint density at radius 1 is 1.30 bits per heavy atom. The zero-order valence-corrected chi connectivity index (χ0v) is 11.3. The molecular weight excluding hydrogens is 256 g/mol. The smallest absolute Gasteiger partial charge is 0.330 e. The lowest BCUT2D eigenvalue weighted by molar-refractivity contribution is -0.142. The molecule has 0 aliphatic heterocycles. The number of hydrogen-bond donors (Lipinski definition) is 3. The van der Waals surface area contributed by atoms with Crippen LogP contribution < -0.4 is 11.1 Å². The van der Waals surface area contributed by atoms with Gasteiger partial charge in [-0.05, 0) is 30.4 Å². The lowest BCUT2D eigenvalue weighted by Crippen LogP contribution is -2.43. The van der Waals surface area contributed by atoms with Gasteiger partial charge in [0.1, 0.15) is 0 Å². The van der Waals surface area contributed by atoms with Crippen LogP contribution in [0, 0.1) is 5.41 Å². The van der Waals surface area contributed by atoms with E-state index in [0.29, 0.717) is 18.5 Å². The summed E-state index contributed by atoms with van der Waals surface area (Å²) in [4.78, 5) is 23.4. The molecule has 1 fully saturated rings. The fourth-order valence-electron chi connectivity index (χ4n) is 2.62. The Morgan fingerprint density at radius 2 is 1.95 bits per heavy atom. The minimum atomic E-state index is -1.06. The second kappa shape index (κ2) is 6.05. The van der Waals surface area contributed by atoms with Crippen LogP contribution in [0.4, 0.5) is 0 Å². The summed E-state index contributed by atoms with van der Waals surface area (Å²) in [6.45, 7) is 0.476. The van der Waals surface area contributed by atoms with E-state index in [0.717, 1.165) is 19.3 Å². The first-order valence-corrected chi connectivity index (χ1v) is 6.83. The van der Waals surface area contributed by atoms with E-state index < -0.39 is 12.0 Å². The van der Waals surface area contributed by atoms with Gasteiger partial charge in [-0.1, -0.05) is 36.8 Å². The van der Waals surface area contributed by atoms with Crippen molar-refractivity contribution < 1.29 is 14.7 Å². The van der Waals surface area contributed by atoms with Gasteiger partial charge < -0.3 is 16.2 Å². The highest BCUT2D eigenvalue weighted by atomic mass is 16.4.